The van der Waals surface area contributed by atoms with Crippen molar-refractivity contribution in [3.8, 4) is 0 Å². The SMILES string of the molecule is CCNC(=NCCCN1CC(C)OC(C)C1)N1CCC(COCCOC)C1. The minimum atomic E-state index is 0.335. The van der Waals surface area contributed by atoms with E-state index in [0.717, 1.165) is 64.8 Å². The molecule has 1 N–H and O–H groups in total. The first kappa shape index (κ1) is 22.4. The second kappa shape index (κ2) is 12.5. The highest BCUT2D eigenvalue weighted by molar-refractivity contribution is 5.80. The quantitative estimate of drug-likeness (QED) is 0.349. The summed E-state index contributed by atoms with van der Waals surface area (Å²) in [6.45, 7) is 15.6. The molecule has 27 heavy (non-hydrogen) atoms. The molecule has 2 rings (SSSR count). The second-order valence-electron chi connectivity index (χ2n) is 7.77. The van der Waals surface area contributed by atoms with Crippen molar-refractivity contribution in [2.24, 2.45) is 10.9 Å². The first-order chi connectivity index (χ1) is 13.1. The molecule has 0 amide bonds. The lowest BCUT2D eigenvalue weighted by atomic mass is 10.1. The van der Waals surface area contributed by atoms with Crippen molar-refractivity contribution in [3.05, 3.63) is 0 Å². The summed E-state index contributed by atoms with van der Waals surface area (Å²) in [4.78, 5) is 9.76. The molecule has 0 aromatic rings. The third kappa shape index (κ3) is 8.34. The number of guanidine groups is 1. The first-order valence-corrected chi connectivity index (χ1v) is 10.6. The summed E-state index contributed by atoms with van der Waals surface area (Å²) in [6, 6.07) is 0. The van der Waals surface area contributed by atoms with Crippen LogP contribution in [0.25, 0.3) is 0 Å². The number of methoxy groups -OCH3 is 1. The van der Waals surface area contributed by atoms with Crippen LogP contribution in [0.5, 0.6) is 0 Å². The molecule has 0 saturated carbocycles. The van der Waals surface area contributed by atoms with Crippen LogP contribution in [0.3, 0.4) is 0 Å². The summed E-state index contributed by atoms with van der Waals surface area (Å²) < 4.78 is 16.5. The third-order valence-corrected chi connectivity index (χ3v) is 5.09. The Hall–Kier alpha value is -0.890. The van der Waals surface area contributed by atoms with E-state index < -0.39 is 0 Å². The van der Waals surface area contributed by atoms with Gasteiger partial charge < -0.3 is 24.4 Å². The number of hydrogen-bond acceptors (Lipinski definition) is 5. The van der Waals surface area contributed by atoms with E-state index in [1.54, 1.807) is 7.11 Å². The number of ether oxygens (including phenoxy) is 3. The Kier molecular flexibility index (Phi) is 10.4. The fraction of sp³-hybridized carbons (Fsp3) is 0.950. The van der Waals surface area contributed by atoms with Crippen molar-refractivity contribution in [2.45, 2.75) is 45.8 Å². The highest BCUT2D eigenvalue weighted by Gasteiger charge is 2.25. The molecule has 2 heterocycles. The normalized spacial score (nSPS) is 27.3. The van der Waals surface area contributed by atoms with Crippen molar-refractivity contribution >= 4 is 5.96 Å². The van der Waals surface area contributed by atoms with Crippen LogP contribution in [-0.4, -0.2) is 101 Å². The van der Waals surface area contributed by atoms with E-state index in [4.69, 9.17) is 19.2 Å². The van der Waals surface area contributed by atoms with E-state index in [9.17, 15) is 0 Å². The predicted octanol–water partition coefficient (Wildman–Crippen LogP) is 1.44. The van der Waals surface area contributed by atoms with E-state index in [0.29, 0.717) is 31.3 Å². The maximum absolute atomic E-state index is 5.81. The highest BCUT2D eigenvalue weighted by atomic mass is 16.5. The van der Waals surface area contributed by atoms with Gasteiger partial charge in [-0.05, 0) is 33.6 Å². The van der Waals surface area contributed by atoms with Gasteiger partial charge in [0.2, 0.25) is 0 Å². The minimum absolute atomic E-state index is 0.335. The Morgan fingerprint density at radius 3 is 2.67 bits per heavy atom. The van der Waals surface area contributed by atoms with Crippen molar-refractivity contribution < 1.29 is 14.2 Å². The molecule has 2 aliphatic rings. The van der Waals surface area contributed by atoms with Crippen molar-refractivity contribution in [3.63, 3.8) is 0 Å². The largest absolute Gasteiger partial charge is 0.382 e. The fourth-order valence-electron chi connectivity index (χ4n) is 3.93. The van der Waals surface area contributed by atoms with Gasteiger partial charge in [0.05, 0.1) is 32.0 Å². The van der Waals surface area contributed by atoms with Crippen molar-refractivity contribution in [1.29, 1.82) is 0 Å². The number of nitrogens with one attached hydrogen (secondary N) is 1. The molecule has 0 aromatic heterocycles. The van der Waals surface area contributed by atoms with Gasteiger partial charge >= 0.3 is 0 Å². The molecule has 3 atom stereocenters. The van der Waals surface area contributed by atoms with E-state index >= 15 is 0 Å². The molecule has 0 bridgehead atoms. The topological polar surface area (TPSA) is 58.6 Å². The van der Waals surface area contributed by atoms with Gasteiger partial charge in [-0.3, -0.25) is 9.89 Å². The molecule has 7 nitrogen and oxygen atoms in total. The second-order valence-corrected chi connectivity index (χ2v) is 7.77. The summed E-state index contributed by atoms with van der Waals surface area (Å²) >= 11 is 0. The Morgan fingerprint density at radius 1 is 1.19 bits per heavy atom. The Bertz CT molecular complexity index is 425. The highest BCUT2D eigenvalue weighted by Crippen LogP contribution is 2.17. The van der Waals surface area contributed by atoms with Gasteiger partial charge in [0.1, 0.15) is 0 Å². The van der Waals surface area contributed by atoms with Gasteiger partial charge in [0.15, 0.2) is 5.96 Å². The van der Waals surface area contributed by atoms with Crippen LogP contribution >= 0.6 is 0 Å². The van der Waals surface area contributed by atoms with Gasteiger partial charge in [-0.15, -0.1) is 0 Å². The molecule has 0 aromatic carbocycles. The molecule has 0 radical (unpaired) electrons. The van der Waals surface area contributed by atoms with E-state index in [1.807, 2.05) is 0 Å². The first-order valence-electron chi connectivity index (χ1n) is 10.6. The summed E-state index contributed by atoms with van der Waals surface area (Å²) in [5.74, 6) is 1.64. The average molecular weight is 385 g/mol. The van der Waals surface area contributed by atoms with Crippen LogP contribution in [-0.2, 0) is 14.2 Å². The molecule has 2 saturated heterocycles. The zero-order valence-corrected chi connectivity index (χ0v) is 17.8. The Morgan fingerprint density at radius 2 is 1.96 bits per heavy atom. The van der Waals surface area contributed by atoms with Gasteiger partial charge in [0, 0.05) is 58.8 Å². The number of likely N-dealkylation sites (tertiary alicyclic amines) is 1. The zero-order valence-electron chi connectivity index (χ0n) is 17.8. The molecule has 7 heteroatoms. The summed E-state index contributed by atoms with van der Waals surface area (Å²) in [5.41, 5.74) is 0. The van der Waals surface area contributed by atoms with Crippen LogP contribution in [0.1, 0.15) is 33.6 Å². The predicted molar refractivity (Wildman–Crippen MR) is 109 cm³/mol. The Balaban J connectivity index is 1.70. The summed E-state index contributed by atoms with van der Waals surface area (Å²) in [5, 5.41) is 3.46. The van der Waals surface area contributed by atoms with E-state index in [2.05, 4.69) is 35.9 Å². The van der Waals surface area contributed by atoms with Gasteiger partial charge in [-0.1, -0.05) is 0 Å². The van der Waals surface area contributed by atoms with Gasteiger partial charge in [-0.25, -0.2) is 0 Å². The van der Waals surface area contributed by atoms with Gasteiger partial charge in [0.25, 0.3) is 0 Å². The van der Waals surface area contributed by atoms with Crippen molar-refractivity contribution in [1.82, 2.24) is 15.1 Å². The van der Waals surface area contributed by atoms with Crippen LogP contribution < -0.4 is 5.32 Å². The Labute approximate surface area is 165 Å². The monoisotopic (exact) mass is 384 g/mol. The van der Waals surface area contributed by atoms with Crippen LogP contribution in [0.15, 0.2) is 4.99 Å². The molecule has 2 aliphatic heterocycles. The van der Waals surface area contributed by atoms with Crippen LogP contribution in [0.2, 0.25) is 0 Å². The van der Waals surface area contributed by atoms with Crippen LogP contribution in [0, 0.1) is 5.92 Å². The molecule has 3 unspecified atom stereocenters. The number of hydrogen-bond donors (Lipinski definition) is 1. The standard InChI is InChI=1S/C20H40N4O3/c1-5-21-20(24-10-7-19(15-24)16-26-12-11-25-4)22-8-6-9-23-13-17(2)27-18(3)14-23/h17-19H,5-16H2,1-4H3,(H,21,22). The smallest absolute Gasteiger partial charge is 0.193 e. The molecular weight excluding hydrogens is 344 g/mol. The lowest BCUT2D eigenvalue weighted by Crippen LogP contribution is -2.45. The number of nitrogens with zero attached hydrogens (tertiary/aromatic N) is 3. The van der Waals surface area contributed by atoms with Crippen molar-refractivity contribution in [2.75, 3.05) is 72.7 Å². The summed E-state index contributed by atoms with van der Waals surface area (Å²) in [6.07, 6.45) is 2.93. The molecule has 2 fully saturated rings. The molecule has 0 aliphatic carbocycles. The minimum Gasteiger partial charge on any atom is -0.382 e. The number of morpholine rings is 1. The molecule has 158 valence electrons. The van der Waals surface area contributed by atoms with Crippen LogP contribution in [0.4, 0.5) is 0 Å². The number of rotatable bonds is 10. The lowest BCUT2D eigenvalue weighted by Gasteiger charge is -2.35. The average Bonchev–Trinajstić information content (AvgIpc) is 3.09. The van der Waals surface area contributed by atoms with Gasteiger partial charge in [-0.2, -0.15) is 0 Å². The maximum Gasteiger partial charge on any atom is 0.193 e. The molecular formula is C20H40N4O3. The number of aliphatic imine (C=N–C) groups is 1. The van der Waals surface area contributed by atoms with E-state index in [-0.39, 0.29) is 0 Å². The third-order valence-electron chi connectivity index (χ3n) is 5.09. The summed E-state index contributed by atoms with van der Waals surface area (Å²) in [7, 11) is 1.71. The fourth-order valence-corrected chi connectivity index (χ4v) is 3.93. The zero-order chi connectivity index (χ0) is 19.5. The molecule has 0 spiro atoms. The van der Waals surface area contributed by atoms with E-state index in [1.165, 1.54) is 6.42 Å². The maximum atomic E-state index is 5.81. The lowest BCUT2D eigenvalue weighted by molar-refractivity contribution is -0.0679.